The van der Waals surface area contributed by atoms with Crippen LogP contribution in [-0.2, 0) is 32.1 Å². The van der Waals surface area contributed by atoms with Crippen LogP contribution in [0.2, 0.25) is 0 Å². The van der Waals surface area contributed by atoms with E-state index in [1.165, 1.54) is 187 Å². The molecule has 0 heterocycles. The summed E-state index contributed by atoms with van der Waals surface area (Å²) in [5.74, 6) is 3.76. The highest BCUT2D eigenvalue weighted by molar-refractivity contribution is 5.43. The van der Waals surface area contributed by atoms with Crippen LogP contribution < -0.4 is 18.9 Å². The molecule has 1 unspecified atom stereocenters. The van der Waals surface area contributed by atoms with Crippen molar-refractivity contribution in [1.29, 1.82) is 0 Å². The quantitative estimate of drug-likeness (QED) is 0.0510. The van der Waals surface area contributed by atoms with Gasteiger partial charge in [-0.1, -0.05) is 181 Å². The Morgan fingerprint density at radius 1 is 0.388 bits per heavy atom. The fourth-order valence-electron chi connectivity index (χ4n) is 8.14. The van der Waals surface area contributed by atoms with E-state index in [1.54, 1.807) is 33.8 Å². The van der Waals surface area contributed by atoms with Crippen molar-refractivity contribution in [1.82, 2.24) is 0 Å². The maximum absolute atomic E-state index is 9.16. The Morgan fingerprint density at radius 2 is 0.776 bits per heavy atom. The molecule has 0 saturated carbocycles. The summed E-state index contributed by atoms with van der Waals surface area (Å²) in [7, 11) is 5.17. The van der Waals surface area contributed by atoms with Crippen molar-refractivity contribution in [3.63, 3.8) is 0 Å². The zero-order valence-electron chi connectivity index (χ0n) is 45.0. The van der Waals surface area contributed by atoms with Gasteiger partial charge in [0.25, 0.3) is 0 Å². The van der Waals surface area contributed by atoms with Gasteiger partial charge in [0.15, 0.2) is 0 Å². The van der Waals surface area contributed by atoms with E-state index in [1.807, 2.05) is 24.3 Å². The molecule has 1 atom stereocenters. The largest absolute Gasteiger partial charge is 0.497 e. The number of aliphatic hydroxyl groups is 1. The fourth-order valence-corrected chi connectivity index (χ4v) is 8.14. The fraction of sp³-hybridized carbons (Fsp3) is 0.613. The molecule has 0 aliphatic rings. The van der Waals surface area contributed by atoms with Crippen molar-refractivity contribution in [2.75, 3.05) is 27.9 Å². The number of aryl methyl sites for hydroxylation is 6. The molecule has 0 aliphatic carbocycles. The van der Waals surface area contributed by atoms with E-state index >= 15 is 0 Å². The predicted octanol–water partition coefficient (Wildman–Crippen LogP) is 17.8. The smallest absolute Gasteiger partial charge is 0.119 e. The Morgan fingerprint density at radius 3 is 1.15 bits per heavy atom. The van der Waals surface area contributed by atoms with Crippen LogP contribution in [0.5, 0.6) is 23.0 Å². The second-order valence-corrected chi connectivity index (χ2v) is 18.6. The standard InChI is InChI=1S/C19H32O.C18H30O2.C16H26O.C9H12O/c1-3-4-5-6-7-8-9-10-11-12-13-18-14-16-19(20-2)17-15-18;1-3-4-5-6-7-8-9-10-17-11-13-18(14-12-17)20-15-16(2)19;1-5-8-13-11-15(17-4)12-14(9-6-2)16(13)10-7-3;1-7-4-5-9(10-3)6-8(7)2/h14-17H,3-13H2,1-2H3;11-14,16,19H,3-10,15H2,1-2H3;11-12H,5-10H2,1-4H3;4-6H,1-3H3. The van der Waals surface area contributed by atoms with Gasteiger partial charge in [-0.3, -0.25) is 0 Å². The van der Waals surface area contributed by atoms with Gasteiger partial charge in [0, 0.05) is 0 Å². The summed E-state index contributed by atoms with van der Waals surface area (Å²) in [5, 5.41) is 9.16. The molecule has 0 aliphatic heterocycles. The molecule has 5 heteroatoms. The zero-order valence-corrected chi connectivity index (χ0v) is 45.0. The minimum Gasteiger partial charge on any atom is -0.497 e. The van der Waals surface area contributed by atoms with Crippen molar-refractivity contribution in [2.45, 2.75) is 222 Å². The van der Waals surface area contributed by atoms with Gasteiger partial charge in [-0.2, -0.15) is 0 Å². The third-order valence-electron chi connectivity index (χ3n) is 12.4. The topological polar surface area (TPSA) is 57.2 Å². The van der Waals surface area contributed by atoms with E-state index in [4.69, 9.17) is 24.1 Å². The van der Waals surface area contributed by atoms with Gasteiger partial charge in [0.05, 0.1) is 27.4 Å². The van der Waals surface area contributed by atoms with Crippen LogP contribution >= 0.6 is 0 Å². The van der Waals surface area contributed by atoms with Crippen LogP contribution in [0.15, 0.2) is 78.9 Å². The molecule has 378 valence electrons. The molecule has 4 rings (SSSR count). The van der Waals surface area contributed by atoms with Crippen LogP contribution in [0, 0.1) is 13.8 Å². The Labute approximate surface area is 413 Å². The second kappa shape index (κ2) is 41.1. The van der Waals surface area contributed by atoms with Crippen LogP contribution in [0.3, 0.4) is 0 Å². The van der Waals surface area contributed by atoms with Gasteiger partial charge >= 0.3 is 0 Å². The molecule has 4 aromatic carbocycles. The van der Waals surface area contributed by atoms with Crippen LogP contribution in [0.1, 0.15) is 209 Å². The first-order valence-electron chi connectivity index (χ1n) is 26.9. The minimum atomic E-state index is -0.414. The Balaban J connectivity index is 0.000000458. The van der Waals surface area contributed by atoms with Crippen molar-refractivity contribution in [3.05, 3.63) is 118 Å². The molecular weight excluding hydrogens is 825 g/mol. The van der Waals surface area contributed by atoms with Gasteiger partial charge in [-0.25, -0.2) is 0 Å². The zero-order chi connectivity index (χ0) is 49.3. The third-order valence-corrected chi connectivity index (χ3v) is 12.4. The van der Waals surface area contributed by atoms with Gasteiger partial charge in [0.1, 0.15) is 29.6 Å². The molecular formula is C62H100O5. The molecule has 67 heavy (non-hydrogen) atoms. The van der Waals surface area contributed by atoms with Gasteiger partial charge in [-0.15, -0.1) is 0 Å². The van der Waals surface area contributed by atoms with Crippen molar-refractivity contribution >= 4 is 0 Å². The maximum atomic E-state index is 9.16. The molecule has 0 amide bonds. The molecule has 0 fully saturated rings. The number of benzene rings is 4. The van der Waals surface area contributed by atoms with Crippen LogP contribution in [-0.4, -0.2) is 39.1 Å². The maximum Gasteiger partial charge on any atom is 0.119 e. The number of methoxy groups -OCH3 is 3. The number of hydrogen-bond acceptors (Lipinski definition) is 5. The first-order chi connectivity index (χ1) is 32.6. The lowest BCUT2D eigenvalue weighted by Crippen LogP contribution is -2.12. The molecule has 1 N–H and O–H groups in total. The Hall–Kier alpha value is -3.96. The van der Waals surface area contributed by atoms with Crippen molar-refractivity contribution < 1.29 is 24.1 Å². The molecule has 0 spiro atoms. The van der Waals surface area contributed by atoms with E-state index < -0.39 is 6.10 Å². The number of unbranched alkanes of at least 4 members (excludes halogenated alkanes) is 15. The lowest BCUT2D eigenvalue weighted by atomic mass is 9.92. The van der Waals surface area contributed by atoms with E-state index in [9.17, 15) is 0 Å². The number of aliphatic hydroxyl groups excluding tert-OH is 1. The highest BCUT2D eigenvalue weighted by atomic mass is 16.5. The summed E-state index contributed by atoms with van der Waals surface area (Å²) in [6.45, 7) is 17.6. The van der Waals surface area contributed by atoms with E-state index in [-0.39, 0.29) is 0 Å². The van der Waals surface area contributed by atoms with E-state index in [0.717, 1.165) is 29.4 Å². The van der Waals surface area contributed by atoms with Gasteiger partial charge in [0.2, 0.25) is 0 Å². The lowest BCUT2D eigenvalue weighted by molar-refractivity contribution is 0.122. The molecule has 0 bridgehead atoms. The van der Waals surface area contributed by atoms with Gasteiger partial charge in [-0.05, 0) is 153 Å². The average molecular weight is 925 g/mol. The minimum absolute atomic E-state index is 0.358. The number of rotatable bonds is 31. The monoisotopic (exact) mass is 925 g/mol. The Kier molecular flexibility index (Phi) is 37.4. The Bertz CT molecular complexity index is 1700. The van der Waals surface area contributed by atoms with Crippen molar-refractivity contribution in [3.8, 4) is 23.0 Å². The lowest BCUT2D eigenvalue weighted by Gasteiger charge is -2.16. The number of hydrogen-bond donors (Lipinski definition) is 1. The summed E-state index contributed by atoms with van der Waals surface area (Å²) < 4.78 is 21.1. The van der Waals surface area contributed by atoms with E-state index in [2.05, 4.69) is 103 Å². The second-order valence-electron chi connectivity index (χ2n) is 18.6. The third kappa shape index (κ3) is 30.2. The SMILES string of the molecule is CCCCCCCCCCCCc1ccc(OC)cc1.CCCCCCCCCc1ccc(OCC(C)O)cc1.CCCc1cc(OC)cc(CCC)c1CCC.COc1ccc(C)c(C)c1. The number of ether oxygens (including phenoxy) is 4. The first-order valence-corrected chi connectivity index (χ1v) is 26.9. The average Bonchev–Trinajstić information content (AvgIpc) is 3.34. The highest BCUT2D eigenvalue weighted by Crippen LogP contribution is 2.27. The first kappa shape index (κ1) is 61.1. The summed E-state index contributed by atoms with van der Waals surface area (Å²) in [6, 6.07) is 27.3. The summed E-state index contributed by atoms with van der Waals surface area (Å²) in [6.07, 6.45) is 32.7. The summed E-state index contributed by atoms with van der Waals surface area (Å²) in [5.41, 5.74) is 9.97. The van der Waals surface area contributed by atoms with E-state index in [0.29, 0.717) is 6.61 Å². The summed E-state index contributed by atoms with van der Waals surface area (Å²) >= 11 is 0. The molecule has 0 radical (unpaired) electrons. The summed E-state index contributed by atoms with van der Waals surface area (Å²) in [4.78, 5) is 0. The molecule has 0 aromatic heterocycles. The van der Waals surface area contributed by atoms with Crippen LogP contribution in [0.25, 0.3) is 0 Å². The molecule has 0 saturated heterocycles. The highest BCUT2D eigenvalue weighted by Gasteiger charge is 2.10. The van der Waals surface area contributed by atoms with Gasteiger partial charge < -0.3 is 24.1 Å². The molecule has 5 nitrogen and oxygen atoms in total. The van der Waals surface area contributed by atoms with Crippen molar-refractivity contribution in [2.24, 2.45) is 0 Å². The van der Waals surface area contributed by atoms with Crippen LogP contribution in [0.4, 0.5) is 0 Å². The molecule has 4 aromatic rings. The normalized spacial score (nSPS) is 11.0. The predicted molar refractivity (Wildman–Crippen MR) is 291 cm³/mol.